The molecule has 0 unspecified atom stereocenters. The van der Waals surface area contributed by atoms with Crippen LogP contribution in [-0.2, 0) is 95.4 Å². The molecule has 0 amide bonds. The van der Waals surface area contributed by atoms with Gasteiger partial charge in [0.15, 0.2) is 0 Å². The molecule has 7 aromatic carbocycles. The second-order valence-corrected chi connectivity index (χ2v) is 22.5. The SMILES string of the molecule is COCCOCCc1cc(C#Cc2ccc(C#Cc3cc(CCOCCOC)c(C#Cc4ccc(C#Cc5cc(CCOCCOC)c(C#Cc6ccc(N)cc6)cc5CCOCCOC)cc4)cc3CCOCCOC)cc2)c(CCOCCOC)cc1C#Cc1ccc(N)cc1. The zero-order valence-electron chi connectivity index (χ0n) is 57.7. The second kappa shape index (κ2) is 45.5. The van der Waals surface area contributed by atoms with E-state index in [1.165, 1.54) is 0 Å². The van der Waals surface area contributed by atoms with Crippen LogP contribution in [0, 0.1) is 71.0 Å². The van der Waals surface area contributed by atoms with E-state index >= 15 is 0 Å². The van der Waals surface area contributed by atoms with Crippen molar-refractivity contribution in [2.24, 2.45) is 0 Å². The van der Waals surface area contributed by atoms with Crippen molar-refractivity contribution in [2.75, 3.05) is 173 Å². The topological polar surface area (TPSA) is 163 Å². The Kier molecular flexibility index (Phi) is 35.5. The van der Waals surface area contributed by atoms with Crippen molar-refractivity contribution in [1.29, 1.82) is 0 Å². The van der Waals surface area contributed by atoms with Gasteiger partial charge in [-0.05, 0) is 205 Å². The molecule has 14 heteroatoms. The van der Waals surface area contributed by atoms with Crippen LogP contribution in [0.5, 0.6) is 0 Å². The summed E-state index contributed by atoms with van der Waals surface area (Å²) in [5.41, 5.74) is 30.0. The molecule has 0 spiro atoms. The van der Waals surface area contributed by atoms with Gasteiger partial charge in [0.05, 0.1) is 119 Å². The summed E-state index contributed by atoms with van der Waals surface area (Å²) in [6.07, 6.45) is 3.79. The number of ether oxygens (including phenoxy) is 12. The predicted molar refractivity (Wildman–Crippen MR) is 388 cm³/mol. The number of rotatable bonds is 36. The van der Waals surface area contributed by atoms with Gasteiger partial charge in [-0.2, -0.15) is 0 Å². The van der Waals surface area contributed by atoms with Gasteiger partial charge in [-0.15, -0.1) is 0 Å². The lowest BCUT2D eigenvalue weighted by molar-refractivity contribution is 0.0720. The standard InChI is InChI=1S/C84H92N2O12/c1-87-47-53-93-41-35-77-59-72(26-16-66-9-13-68(14-10-66)18-28-74-62-82(40-46-98-58-52-92-6)76(30-20-70-23-33-84(86)34-24-70)64-80(74)38-44-96-56-50-90-4)78(36-42-94-54-48-88-2)60-71(77)25-15-65-7-11-67(12-8-65)17-27-73-61-81(39-45-97-57-51-91-5)75(29-19-69-21-31-83(85)32-22-69)63-79(73)37-43-95-55-49-89-3/h7-14,21-24,31-34,59-64H,35-58,85-86H2,1-6H3. The van der Waals surface area contributed by atoms with Crippen LogP contribution >= 0.6 is 0 Å². The van der Waals surface area contributed by atoms with E-state index in [9.17, 15) is 0 Å². The first kappa shape index (κ1) is 76.4. The van der Waals surface area contributed by atoms with E-state index < -0.39 is 0 Å². The minimum Gasteiger partial charge on any atom is -0.399 e. The van der Waals surface area contributed by atoms with Gasteiger partial charge < -0.3 is 68.3 Å². The molecule has 0 fully saturated rings. The van der Waals surface area contributed by atoms with Crippen molar-refractivity contribution in [2.45, 2.75) is 38.5 Å². The Labute approximate surface area is 581 Å². The predicted octanol–water partition coefficient (Wildman–Crippen LogP) is 10.5. The lowest BCUT2D eigenvalue weighted by atomic mass is 9.94. The number of benzene rings is 7. The fourth-order valence-corrected chi connectivity index (χ4v) is 9.81. The lowest BCUT2D eigenvalue weighted by Gasteiger charge is -2.12. The largest absolute Gasteiger partial charge is 0.399 e. The maximum atomic E-state index is 6.02. The first-order chi connectivity index (χ1) is 48.2. The van der Waals surface area contributed by atoms with Crippen LogP contribution < -0.4 is 11.5 Å². The van der Waals surface area contributed by atoms with Crippen molar-refractivity contribution < 1.29 is 56.8 Å². The van der Waals surface area contributed by atoms with Crippen LogP contribution in [0.25, 0.3) is 0 Å². The fraction of sp³-hybridized carbons (Fsp3) is 0.357. The summed E-state index contributed by atoms with van der Waals surface area (Å²) in [6.45, 7) is 8.93. The van der Waals surface area contributed by atoms with E-state index in [1.54, 1.807) is 42.7 Å². The fourth-order valence-electron chi connectivity index (χ4n) is 9.81. The number of nitrogen functional groups attached to an aromatic ring is 2. The van der Waals surface area contributed by atoms with Crippen LogP contribution in [0.3, 0.4) is 0 Å². The molecule has 510 valence electrons. The van der Waals surface area contributed by atoms with Gasteiger partial charge in [-0.3, -0.25) is 0 Å². The van der Waals surface area contributed by atoms with Gasteiger partial charge in [0.2, 0.25) is 0 Å². The third kappa shape index (κ3) is 28.2. The maximum absolute atomic E-state index is 6.02. The molecular formula is C84H92N2O12. The van der Waals surface area contributed by atoms with E-state index in [-0.39, 0.29) is 0 Å². The monoisotopic (exact) mass is 1320 g/mol. The number of nitrogens with two attached hydrogens (primary N) is 2. The number of hydrogen-bond acceptors (Lipinski definition) is 14. The van der Waals surface area contributed by atoms with Crippen LogP contribution in [0.1, 0.15) is 100 Å². The lowest BCUT2D eigenvalue weighted by Crippen LogP contribution is -2.08. The van der Waals surface area contributed by atoms with Gasteiger partial charge in [0.25, 0.3) is 0 Å². The third-order valence-corrected chi connectivity index (χ3v) is 15.3. The van der Waals surface area contributed by atoms with Crippen LogP contribution in [0.2, 0.25) is 0 Å². The molecule has 98 heavy (non-hydrogen) atoms. The zero-order valence-corrected chi connectivity index (χ0v) is 57.7. The average Bonchev–Trinajstić information content (AvgIpc) is 0.856. The molecule has 7 aromatic rings. The van der Waals surface area contributed by atoms with Crippen LogP contribution in [0.15, 0.2) is 133 Å². The summed E-state index contributed by atoms with van der Waals surface area (Å²) in [4.78, 5) is 0. The molecule has 14 nitrogen and oxygen atoms in total. The van der Waals surface area contributed by atoms with E-state index in [0.717, 1.165) is 100 Å². The highest BCUT2D eigenvalue weighted by molar-refractivity contribution is 5.60. The Morgan fingerprint density at radius 2 is 0.357 bits per heavy atom. The number of hydrogen-bond donors (Lipinski definition) is 2. The molecule has 0 saturated carbocycles. The Morgan fingerprint density at radius 1 is 0.204 bits per heavy atom. The summed E-state index contributed by atoms with van der Waals surface area (Å²) >= 11 is 0. The van der Waals surface area contributed by atoms with E-state index in [2.05, 4.69) is 107 Å². The highest BCUT2D eigenvalue weighted by Crippen LogP contribution is 2.23. The van der Waals surface area contributed by atoms with E-state index in [1.807, 2.05) is 97.1 Å². The van der Waals surface area contributed by atoms with Crippen LogP contribution in [0.4, 0.5) is 11.4 Å². The minimum absolute atomic E-state index is 0.475. The first-order valence-electron chi connectivity index (χ1n) is 33.1. The molecule has 0 aliphatic carbocycles. The molecule has 0 atom stereocenters. The van der Waals surface area contributed by atoms with E-state index in [0.29, 0.717) is 169 Å². The highest BCUT2D eigenvalue weighted by Gasteiger charge is 2.14. The Balaban J connectivity index is 1.17. The Morgan fingerprint density at radius 3 is 0.510 bits per heavy atom. The van der Waals surface area contributed by atoms with Crippen molar-refractivity contribution in [3.05, 3.63) is 234 Å². The first-order valence-corrected chi connectivity index (χ1v) is 33.1. The molecule has 0 heterocycles. The maximum Gasteiger partial charge on any atom is 0.0700 e. The summed E-state index contributed by atoms with van der Waals surface area (Å²) in [5.74, 6) is 41.4. The molecular weight excluding hydrogens is 1230 g/mol. The summed E-state index contributed by atoms with van der Waals surface area (Å²) in [7, 11) is 10.00. The highest BCUT2D eigenvalue weighted by atomic mass is 16.5. The summed E-state index contributed by atoms with van der Waals surface area (Å²) in [5, 5.41) is 0. The quantitative estimate of drug-likeness (QED) is 0.0217. The van der Waals surface area contributed by atoms with Crippen molar-refractivity contribution in [3.63, 3.8) is 0 Å². The Bertz CT molecular complexity index is 3700. The van der Waals surface area contributed by atoms with Crippen LogP contribution in [-0.4, -0.2) is 162 Å². The molecule has 0 radical (unpaired) electrons. The van der Waals surface area contributed by atoms with E-state index in [4.69, 9.17) is 68.3 Å². The van der Waals surface area contributed by atoms with Gasteiger partial charge >= 0.3 is 0 Å². The molecule has 7 rings (SSSR count). The van der Waals surface area contributed by atoms with Crippen molar-refractivity contribution >= 4 is 11.4 Å². The zero-order chi connectivity index (χ0) is 69.0. The molecule has 0 aliphatic heterocycles. The van der Waals surface area contributed by atoms with Gasteiger partial charge in [-0.1, -0.05) is 71.0 Å². The van der Waals surface area contributed by atoms with Crippen molar-refractivity contribution in [3.8, 4) is 71.0 Å². The smallest absolute Gasteiger partial charge is 0.0700 e. The number of anilines is 2. The molecule has 4 N–H and O–H groups in total. The molecule has 0 bridgehead atoms. The molecule has 0 saturated heterocycles. The number of methoxy groups -OCH3 is 6. The van der Waals surface area contributed by atoms with Crippen molar-refractivity contribution in [1.82, 2.24) is 0 Å². The normalized spacial score (nSPS) is 10.6. The summed E-state index contributed by atoms with van der Waals surface area (Å²) < 4.78 is 67.2. The molecule has 0 aromatic heterocycles. The third-order valence-electron chi connectivity index (χ3n) is 15.3. The van der Waals surface area contributed by atoms with Gasteiger partial charge in [-0.25, -0.2) is 0 Å². The van der Waals surface area contributed by atoms with Gasteiger partial charge in [0, 0.05) is 121 Å². The van der Waals surface area contributed by atoms with Gasteiger partial charge in [0.1, 0.15) is 0 Å². The average molecular weight is 1320 g/mol. The molecule has 0 aliphatic rings. The second-order valence-electron chi connectivity index (χ2n) is 22.5. The summed E-state index contributed by atoms with van der Waals surface area (Å²) in [6, 6.07) is 44.0. The Hall–Kier alpha value is -8.98. The minimum atomic E-state index is 0.475.